The van der Waals surface area contributed by atoms with E-state index in [1.165, 1.54) is 33.3 Å². The van der Waals surface area contributed by atoms with Crippen LogP contribution in [0.5, 0.6) is 0 Å². The van der Waals surface area contributed by atoms with E-state index in [-0.39, 0.29) is 11.8 Å². The maximum atomic E-state index is 13.2. The molecule has 1 unspecified atom stereocenters. The molecule has 3 aromatic rings. The number of aryl methyl sites for hydroxylation is 1. The van der Waals surface area contributed by atoms with Crippen LogP contribution < -0.4 is 0 Å². The fourth-order valence-corrected chi connectivity index (χ4v) is 4.43. The van der Waals surface area contributed by atoms with E-state index in [9.17, 15) is 4.79 Å². The van der Waals surface area contributed by atoms with Crippen molar-refractivity contribution in [3.63, 3.8) is 0 Å². The van der Waals surface area contributed by atoms with Crippen LogP contribution in [-0.2, 0) is 24.8 Å². The van der Waals surface area contributed by atoms with E-state index in [1.807, 2.05) is 23.1 Å². The Balaban J connectivity index is 1.58. The number of fused-ring (bicyclic) bond motifs is 5. The largest absolute Gasteiger partial charge is 0.347 e. The Labute approximate surface area is 147 Å². The zero-order valence-electron chi connectivity index (χ0n) is 14.3. The van der Waals surface area contributed by atoms with Gasteiger partial charge in [0.2, 0.25) is 5.91 Å². The number of rotatable bonds is 2. The van der Waals surface area contributed by atoms with E-state index in [4.69, 9.17) is 0 Å². The Bertz CT molecular complexity index is 1010. The third-order valence-corrected chi connectivity index (χ3v) is 5.64. The lowest BCUT2D eigenvalue weighted by atomic mass is 9.85. The first-order valence-corrected chi connectivity index (χ1v) is 8.82. The minimum absolute atomic E-state index is 0.0986. The van der Waals surface area contributed by atoms with Crippen molar-refractivity contribution in [1.82, 2.24) is 9.47 Å². The van der Waals surface area contributed by atoms with Gasteiger partial charge in [-0.05, 0) is 22.8 Å². The highest BCUT2D eigenvalue weighted by molar-refractivity contribution is 5.98. The first-order chi connectivity index (χ1) is 12.2. The molecule has 2 heterocycles. The number of carbonyl (C=O) groups is 1. The van der Waals surface area contributed by atoms with Crippen LogP contribution >= 0.6 is 0 Å². The molecule has 3 nitrogen and oxygen atoms in total. The summed E-state index contributed by atoms with van der Waals surface area (Å²) in [7, 11) is 2.11. The van der Waals surface area contributed by atoms with Gasteiger partial charge >= 0.3 is 0 Å². The molecule has 25 heavy (non-hydrogen) atoms. The Morgan fingerprint density at radius 1 is 1.04 bits per heavy atom. The lowest BCUT2D eigenvalue weighted by molar-refractivity contribution is -0.129. The standard InChI is InChI=1S/C22H20N2O/c1-23-18-10-6-5-9-17(18)21-19(23)12-11-16-14-24(22(25)20(16)21)13-15-7-3-2-4-8-15/h2-11,20H,12-14H2,1H3. The van der Waals surface area contributed by atoms with Crippen LogP contribution in [0.2, 0.25) is 0 Å². The van der Waals surface area contributed by atoms with Crippen molar-refractivity contribution < 1.29 is 4.79 Å². The fourth-order valence-electron chi connectivity index (χ4n) is 4.43. The molecule has 1 aliphatic carbocycles. The van der Waals surface area contributed by atoms with Crippen molar-refractivity contribution in [3.8, 4) is 0 Å². The zero-order valence-corrected chi connectivity index (χ0v) is 14.3. The van der Waals surface area contributed by atoms with Gasteiger partial charge in [0.25, 0.3) is 0 Å². The van der Waals surface area contributed by atoms with Gasteiger partial charge in [0.05, 0.1) is 5.92 Å². The molecule has 1 saturated heterocycles. The van der Waals surface area contributed by atoms with E-state index in [0.29, 0.717) is 6.54 Å². The topological polar surface area (TPSA) is 25.2 Å². The zero-order chi connectivity index (χ0) is 17.0. The number of amides is 1. The Morgan fingerprint density at radius 2 is 1.80 bits per heavy atom. The molecule has 3 heteroatoms. The quantitative estimate of drug-likeness (QED) is 0.657. The van der Waals surface area contributed by atoms with Gasteiger partial charge in [-0.15, -0.1) is 0 Å². The lowest BCUT2D eigenvalue weighted by Gasteiger charge is -2.18. The van der Waals surface area contributed by atoms with Crippen molar-refractivity contribution in [2.75, 3.05) is 6.54 Å². The molecule has 0 bridgehead atoms. The van der Waals surface area contributed by atoms with Crippen molar-refractivity contribution in [3.05, 3.63) is 83.1 Å². The molecule has 0 N–H and O–H groups in total. The van der Waals surface area contributed by atoms with Gasteiger partial charge < -0.3 is 9.47 Å². The van der Waals surface area contributed by atoms with Gasteiger partial charge in [-0.1, -0.05) is 54.6 Å². The molecule has 2 aromatic carbocycles. The van der Waals surface area contributed by atoms with E-state index in [0.717, 1.165) is 13.0 Å². The van der Waals surface area contributed by atoms with E-state index in [1.54, 1.807) is 0 Å². The summed E-state index contributed by atoms with van der Waals surface area (Å²) in [6, 6.07) is 18.7. The maximum absolute atomic E-state index is 13.2. The minimum atomic E-state index is -0.0986. The second-order valence-electron chi connectivity index (χ2n) is 7.03. The molecular weight excluding hydrogens is 308 g/mol. The van der Waals surface area contributed by atoms with Crippen LogP contribution in [0.25, 0.3) is 10.9 Å². The summed E-state index contributed by atoms with van der Waals surface area (Å²) >= 11 is 0. The van der Waals surface area contributed by atoms with Crippen LogP contribution in [0.4, 0.5) is 0 Å². The normalized spacial score (nSPS) is 19.1. The number of aromatic nitrogens is 1. The summed E-state index contributed by atoms with van der Waals surface area (Å²) in [6.45, 7) is 1.44. The number of para-hydroxylation sites is 1. The maximum Gasteiger partial charge on any atom is 0.234 e. The summed E-state index contributed by atoms with van der Waals surface area (Å²) in [6.07, 6.45) is 3.19. The van der Waals surface area contributed by atoms with Crippen molar-refractivity contribution in [1.29, 1.82) is 0 Å². The third-order valence-electron chi connectivity index (χ3n) is 5.64. The molecule has 1 aromatic heterocycles. The second kappa shape index (κ2) is 5.35. The van der Waals surface area contributed by atoms with Gasteiger partial charge in [-0.25, -0.2) is 0 Å². The molecule has 0 radical (unpaired) electrons. The van der Waals surface area contributed by atoms with Crippen LogP contribution in [-0.4, -0.2) is 21.9 Å². The predicted molar refractivity (Wildman–Crippen MR) is 99.3 cm³/mol. The molecule has 5 rings (SSSR count). The summed E-state index contributed by atoms with van der Waals surface area (Å²) in [5, 5.41) is 1.23. The average Bonchev–Trinajstić information content (AvgIpc) is 3.12. The van der Waals surface area contributed by atoms with Crippen LogP contribution in [0.15, 0.2) is 66.2 Å². The summed E-state index contributed by atoms with van der Waals surface area (Å²) in [5.41, 5.74) is 6.19. The highest BCUT2D eigenvalue weighted by atomic mass is 16.2. The van der Waals surface area contributed by atoms with Gasteiger partial charge in [0.15, 0.2) is 0 Å². The van der Waals surface area contributed by atoms with Gasteiger partial charge in [-0.2, -0.15) is 0 Å². The summed E-state index contributed by atoms with van der Waals surface area (Å²) in [5.74, 6) is 0.144. The monoisotopic (exact) mass is 328 g/mol. The van der Waals surface area contributed by atoms with Crippen LogP contribution in [0.3, 0.4) is 0 Å². The molecule has 2 aliphatic rings. The smallest absolute Gasteiger partial charge is 0.234 e. The fraction of sp³-hybridized carbons (Fsp3) is 0.227. The molecule has 1 aliphatic heterocycles. The Kier molecular flexibility index (Phi) is 3.11. The van der Waals surface area contributed by atoms with E-state index in [2.05, 4.69) is 54.1 Å². The van der Waals surface area contributed by atoms with E-state index >= 15 is 0 Å². The van der Waals surface area contributed by atoms with Gasteiger partial charge in [-0.3, -0.25) is 4.79 Å². The van der Waals surface area contributed by atoms with Crippen LogP contribution in [0, 0.1) is 0 Å². The molecule has 0 saturated carbocycles. The number of benzene rings is 2. The number of nitrogens with zero attached hydrogens (tertiary/aromatic N) is 2. The lowest BCUT2D eigenvalue weighted by Crippen LogP contribution is -2.26. The molecule has 1 fully saturated rings. The van der Waals surface area contributed by atoms with Crippen molar-refractivity contribution >= 4 is 16.8 Å². The first-order valence-electron chi connectivity index (χ1n) is 8.82. The summed E-state index contributed by atoms with van der Waals surface area (Å²) < 4.78 is 2.26. The van der Waals surface area contributed by atoms with Crippen molar-refractivity contribution in [2.45, 2.75) is 18.9 Å². The number of allylic oxidation sites excluding steroid dienone is 1. The molecule has 124 valence electrons. The third kappa shape index (κ3) is 2.08. The molecular formula is C22H20N2O. The number of hydrogen-bond acceptors (Lipinski definition) is 1. The second-order valence-corrected chi connectivity index (χ2v) is 7.03. The number of hydrogen-bond donors (Lipinski definition) is 0. The minimum Gasteiger partial charge on any atom is -0.347 e. The Hall–Kier alpha value is -2.81. The Morgan fingerprint density at radius 3 is 2.64 bits per heavy atom. The van der Waals surface area contributed by atoms with Gasteiger partial charge in [0, 0.05) is 43.2 Å². The predicted octanol–water partition coefficient (Wildman–Crippen LogP) is 3.79. The number of likely N-dealkylation sites (tertiary alicyclic amines) is 1. The molecule has 1 amide bonds. The molecule has 0 spiro atoms. The first kappa shape index (κ1) is 14.5. The van der Waals surface area contributed by atoms with Crippen molar-refractivity contribution in [2.24, 2.45) is 7.05 Å². The molecule has 1 atom stereocenters. The van der Waals surface area contributed by atoms with E-state index < -0.39 is 0 Å². The SMILES string of the molecule is Cn1c2c(c3ccccc31)C1C(=O)N(Cc3ccccc3)CC1=CC2. The van der Waals surface area contributed by atoms with Crippen LogP contribution in [0.1, 0.15) is 22.7 Å². The summed E-state index contributed by atoms with van der Waals surface area (Å²) in [4.78, 5) is 15.2. The van der Waals surface area contributed by atoms with Gasteiger partial charge in [0.1, 0.15) is 0 Å². The average molecular weight is 328 g/mol. The highest BCUT2D eigenvalue weighted by Crippen LogP contribution is 2.43. The highest BCUT2D eigenvalue weighted by Gasteiger charge is 2.41. The number of carbonyl (C=O) groups excluding carboxylic acids is 1.